The minimum Gasteiger partial charge on any atom is -0.484 e. The number of hydrogen-bond acceptors (Lipinski definition) is 4. The van der Waals surface area contributed by atoms with Gasteiger partial charge in [0.2, 0.25) is 0 Å². The van der Waals surface area contributed by atoms with Crippen LogP contribution in [-0.4, -0.2) is 49.9 Å². The molecule has 2 rings (SSSR count). The van der Waals surface area contributed by atoms with E-state index in [1.165, 1.54) is 4.90 Å². The van der Waals surface area contributed by atoms with Crippen molar-refractivity contribution in [3.63, 3.8) is 0 Å². The maximum absolute atomic E-state index is 12.0. The highest BCUT2D eigenvalue weighted by Crippen LogP contribution is 2.19. The first kappa shape index (κ1) is 16.8. The van der Waals surface area contributed by atoms with Crippen LogP contribution in [0.2, 0.25) is 0 Å². The molecule has 0 N–H and O–H groups in total. The van der Waals surface area contributed by atoms with E-state index in [2.05, 4.69) is 0 Å². The Morgan fingerprint density at radius 2 is 1.86 bits per heavy atom. The van der Waals surface area contributed by atoms with E-state index in [4.69, 9.17) is 4.74 Å². The van der Waals surface area contributed by atoms with Crippen molar-refractivity contribution in [2.24, 2.45) is 5.92 Å². The number of likely N-dealkylation sites (tertiary alicyclic amines) is 1. The molecule has 0 spiro atoms. The fourth-order valence-electron chi connectivity index (χ4n) is 2.34. The molecule has 0 aliphatic carbocycles. The Bertz CT molecular complexity index is 616. The van der Waals surface area contributed by atoms with Gasteiger partial charge < -0.3 is 9.64 Å². The number of sulfone groups is 1. The highest BCUT2D eigenvalue weighted by Gasteiger charge is 2.39. The molecule has 1 aromatic rings. The summed E-state index contributed by atoms with van der Waals surface area (Å²) in [5.41, 5.74) is 1.12. The predicted octanol–water partition coefficient (Wildman–Crippen LogP) is 1.66. The smallest absolute Gasteiger partial charge is 0.260 e. The van der Waals surface area contributed by atoms with Crippen LogP contribution >= 0.6 is 0 Å². The summed E-state index contributed by atoms with van der Waals surface area (Å²) in [6.45, 7) is 6.26. The summed E-state index contributed by atoms with van der Waals surface area (Å²) in [4.78, 5) is 13.5. The maximum atomic E-state index is 12.0. The van der Waals surface area contributed by atoms with Crippen molar-refractivity contribution in [2.45, 2.75) is 26.0 Å². The molecule has 1 fully saturated rings. The van der Waals surface area contributed by atoms with Gasteiger partial charge in [-0.3, -0.25) is 4.79 Å². The molecule has 1 saturated heterocycles. The van der Waals surface area contributed by atoms with Gasteiger partial charge in [0.15, 0.2) is 16.4 Å². The summed E-state index contributed by atoms with van der Waals surface area (Å²) in [6, 6.07) is 7.46. The molecular weight excluding hydrogens is 302 g/mol. The van der Waals surface area contributed by atoms with Crippen molar-refractivity contribution in [1.82, 2.24) is 4.90 Å². The average molecular weight is 325 g/mol. The molecule has 122 valence electrons. The lowest BCUT2D eigenvalue weighted by Gasteiger charge is -2.38. The van der Waals surface area contributed by atoms with E-state index in [1.54, 1.807) is 0 Å². The lowest BCUT2D eigenvalue weighted by atomic mass is 10.2. The van der Waals surface area contributed by atoms with Crippen molar-refractivity contribution < 1.29 is 17.9 Å². The van der Waals surface area contributed by atoms with Gasteiger partial charge in [-0.15, -0.1) is 0 Å². The van der Waals surface area contributed by atoms with Crippen molar-refractivity contribution >= 4 is 15.7 Å². The molecule has 1 aromatic carbocycles. The Morgan fingerprint density at radius 1 is 1.27 bits per heavy atom. The van der Waals surface area contributed by atoms with Gasteiger partial charge in [0, 0.05) is 13.1 Å². The second kappa shape index (κ2) is 6.69. The molecule has 22 heavy (non-hydrogen) atoms. The first-order chi connectivity index (χ1) is 10.3. The average Bonchev–Trinajstić information content (AvgIpc) is 2.34. The molecule has 0 radical (unpaired) electrons. The van der Waals surface area contributed by atoms with Crippen LogP contribution in [0.1, 0.15) is 19.4 Å². The van der Waals surface area contributed by atoms with Gasteiger partial charge in [0.1, 0.15) is 5.75 Å². The second-order valence-electron chi connectivity index (χ2n) is 6.25. The molecule has 0 atom stereocenters. The van der Waals surface area contributed by atoms with Crippen molar-refractivity contribution in [3.05, 3.63) is 29.8 Å². The summed E-state index contributed by atoms with van der Waals surface area (Å²) in [7, 11) is -3.10. The number of rotatable bonds is 6. The minimum absolute atomic E-state index is 0.0555. The number of benzene rings is 1. The highest BCUT2D eigenvalue weighted by molar-refractivity contribution is 7.92. The molecule has 5 nitrogen and oxygen atoms in total. The molecule has 0 saturated carbocycles. The fraction of sp³-hybridized carbons (Fsp3) is 0.562. The van der Waals surface area contributed by atoms with Gasteiger partial charge in [-0.1, -0.05) is 31.5 Å². The van der Waals surface area contributed by atoms with Gasteiger partial charge in [0.05, 0.1) is 11.0 Å². The number of carbonyl (C=O) groups excluding carboxylic acids is 1. The van der Waals surface area contributed by atoms with Gasteiger partial charge in [-0.05, 0) is 25.0 Å². The zero-order valence-corrected chi connectivity index (χ0v) is 14.1. The molecule has 1 heterocycles. The summed E-state index contributed by atoms with van der Waals surface area (Å²) in [5.74, 6) is 0.763. The van der Waals surface area contributed by atoms with Crippen LogP contribution in [0.5, 0.6) is 5.75 Å². The van der Waals surface area contributed by atoms with Crippen molar-refractivity contribution in [2.75, 3.05) is 25.4 Å². The summed E-state index contributed by atoms with van der Waals surface area (Å²) < 4.78 is 29.5. The molecule has 0 unspecified atom stereocenters. The first-order valence-electron chi connectivity index (χ1n) is 7.47. The second-order valence-corrected chi connectivity index (χ2v) is 8.57. The largest absolute Gasteiger partial charge is 0.484 e. The van der Waals surface area contributed by atoms with E-state index in [0.29, 0.717) is 5.75 Å². The Labute approximate surface area is 132 Å². The van der Waals surface area contributed by atoms with E-state index < -0.39 is 15.1 Å². The molecular formula is C16H23NO4S. The number of hydrogen-bond donors (Lipinski definition) is 0. The van der Waals surface area contributed by atoms with Crippen LogP contribution < -0.4 is 4.74 Å². The number of ether oxygens (including phenoxy) is 1. The SMILES string of the molecule is Cc1ccc(OCC(=O)N2CC(S(=O)(=O)CC(C)C)C2)cc1. The van der Waals surface area contributed by atoms with Crippen LogP contribution in [0.3, 0.4) is 0 Å². The lowest BCUT2D eigenvalue weighted by molar-refractivity contribution is -0.136. The monoisotopic (exact) mass is 325 g/mol. The first-order valence-corrected chi connectivity index (χ1v) is 9.18. The maximum Gasteiger partial charge on any atom is 0.260 e. The number of nitrogens with zero attached hydrogens (tertiary/aromatic N) is 1. The molecule has 1 aliphatic heterocycles. The number of carbonyl (C=O) groups is 1. The van der Waals surface area contributed by atoms with Crippen LogP contribution in [0.15, 0.2) is 24.3 Å². The van der Waals surface area contributed by atoms with E-state index in [0.717, 1.165) is 5.56 Å². The highest BCUT2D eigenvalue weighted by atomic mass is 32.2. The topological polar surface area (TPSA) is 63.7 Å². The van der Waals surface area contributed by atoms with Crippen molar-refractivity contribution in [1.29, 1.82) is 0 Å². The molecule has 6 heteroatoms. The van der Waals surface area contributed by atoms with Gasteiger partial charge in [-0.25, -0.2) is 8.42 Å². The molecule has 0 bridgehead atoms. The summed E-state index contributed by atoms with van der Waals surface area (Å²) >= 11 is 0. The number of amides is 1. The molecule has 1 aliphatic rings. The zero-order chi connectivity index (χ0) is 16.3. The van der Waals surface area contributed by atoms with E-state index in [9.17, 15) is 13.2 Å². The van der Waals surface area contributed by atoms with Crippen LogP contribution in [0.4, 0.5) is 0 Å². The molecule has 0 aromatic heterocycles. The third-order valence-corrected chi connectivity index (χ3v) is 6.10. The Hall–Kier alpha value is -1.56. The lowest BCUT2D eigenvalue weighted by Crippen LogP contribution is -2.58. The van der Waals surface area contributed by atoms with E-state index >= 15 is 0 Å². The Morgan fingerprint density at radius 3 is 2.41 bits per heavy atom. The van der Waals surface area contributed by atoms with Gasteiger partial charge in [0.25, 0.3) is 5.91 Å². The zero-order valence-electron chi connectivity index (χ0n) is 13.3. The third-order valence-electron chi connectivity index (χ3n) is 3.66. The van der Waals surface area contributed by atoms with Gasteiger partial charge in [-0.2, -0.15) is 0 Å². The minimum atomic E-state index is -3.10. The summed E-state index contributed by atoms with van der Waals surface area (Å²) in [6.07, 6.45) is 0. The summed E-state index contributed by atoms with van der Waals surface area (Å²) in [5, 5.41) is -0.418. The van der Waals surface area contributed by atoms with E-state index in [1.807, 2.05) is 45.0 Å². The Balaban J connectivity index is 1.78. The third kappa shape index (κ3) is 4.22. The Kier molecular flexibility index (Phi) is 5.11. The van der Waals surface area contributed by atoms with Crippen LogP contribution in [0.25, 0.3) is 0 Å². The van der Waals surface area contributed by atoms with Crippen LogP contribution in [0, 0.1) is 12.8 Å². The molecule has 1 amide bonds. The standard InChI is InChI=1S/C16H23NO4S/c1-12(2)11-22(19,20)15-8-17(9-15)16(18)10-21-14-6-4-13(3)5-7-14/h4-7,12,15H,8-11H2,1-3H3. The number of aryl methyl sites for hydroxylation is 1. The quantitative estimate of drug-likeness (QED) is 0.798. The van der Waals surface area contributed by atoms with Crippen molar-refractivity contribution in [3.8, 4) is 5.75 Å². The van der Waals surface area contributed by atoms with E-state index in [-0.39, 0.29) is 37.3 Å². The predicted molar refractivity (Wildman–Crippen MR) is 85.7 cm³/mol. The fourth-order valence-corrected chi connectivity index (χ4v) is 4.36. The normalized spacial score (nSPS) is 15.7. The van der Waals surface area contributed by atoms with Gasteiger partial charge >= 0.3 is 0 Å². The van der Waals surface area contributed by atoms with Crippen LogP contribution in [-0.2, 0) is 14.6 Å².